The van der Waals surface area contributed by atoms with Gasteiger partial charge in [0, 0.05) is 11.9 Å². The third kappa shape index (κ3) is 3.13. The van der Waals surface area contributed by atoms with Gasteiger partial charge in [0.25, 0.3) is 10.0 Å². The summed E-state index contributed by atoms with van der Waals surface area (Å²) in [6, 6.07) is 16.6. The molecule has 0 bridgehead atoms. The number of anilines is 1. The molecular formula is C19H16ClNO4S. The molecular weight excluding hydrogens is 374 g/mol. The van der Waals surface area contributed by atoms with Crippen LogP contribution in [0.15, 0.2) is 65.6 Å². The summed E-state index contributed by atoms with van der Waals surface area (Å²) in [5.41, 5.74) is 0.291. The second-order valence-electron chi connectivity index (χ2n) is 5.61. The van der Waals surface area contributed by atoms with Crippen LogP contribution in [0.5, 0.6) is 0 Å². The fourth-order valence-corrected chi connectivity index (χ4v) is 4.57. The van der Waals surface area contributed by atoms with Gasteiger partial charge in [0.2, 0.25) is 0 Å². The number of rotatable bonds is 5. The van der Waals surface area contributed by atoms with E-state index < -0.39 is 16.0 Å². The van der Waals surface area contributed by atoms with Crippen molar-refractivity contribution >= 4 is 44.1 Å². The minimum atomic E-state index is -3.96. The number of hydrogen-bond acceptors (Lipinski definition) is 3. The zero-order valence-corrected chi connectivity index (χ0v) is 15.5. The Bertz CT molecular complexity index is 1090. The summed E-state index contributed by atoms with van der Waals surface area (Å²) in [4.78, 5) is 11.2. The van der Waals surface area contributed by atoms with Crippen molar-refractivity contribution in [1.82, 2.24) is 0 Å². The van der Waals surface area contributed by atoms with Crippen LogP contribution in [0.2, 0.25) is 5.02 Å². The molecule has 0 amide bonds. The average Bonchev–Trinajstić information content (AvgIpc) is 2.62. The first-order valence-corrected chi connectivity index (χ1v) is 9.71. The molecule has 0 spiro atoms. The normalized spacial score (nSPS) is 11.5. The smallest absolute Gasteiger partial charge is 0.337 e. The average molecular weight is 390 g/mol. The van der Waals surface area contributed by atoms with Crippen LogP contribution in [0, 0.1) is 0 Å². The number of sulfonamides is 1. The summed E-state index contributed by atoms with van der Waals surface area (Å²) in [7, 11) is -3.96. The Morgan fingerprint density at radius 1 is 1.08 bits per heavy atom. The van der Waals surface area contributed by atoms with Crippen LogP contribution in [0.25, 0.3) is 10.8 Å². The number of carboxylic acid groups (broad SMARTS) is 1. The standard InChI is InChI=1S/C19H16ClNO4S/c1-2-21(18-9-5-7-13-6-3-4-8-15(13)18)26(24,25)14-10-11-17(20)16(12-14)19(22)23/h3-12H,2H2,1H3,(H,22,23). The number of nitrogens with zero attached hydrogens (tertiary/aromatic N) is 1. The molecule has 26 heavy (non-hydrogen) atoms. The first-order chi connectivity index (χ1) is 12.4. The van der Waals surface area contributed by atoms with Gasteiger partial charge >= 0.3 is 5.97 Å². The molecule has 0 saturated heterocycles. The lowest BCUT2D eigenvalue weighted by Crippen LogP contribution is -2.31. The van der Waals surface area contributed by atoms with Gasteiger partial charge < -0.3 is 5.11 Å². The maximum absolute atomic E-state index is 13.2. The summed E-state index contributed by atoms with van der Waals surface area (Å²) in [6.07, 6.45) is 0. The highest BCUT2D eigenvalue weighted by molar-refractivity contribution is 7.92. The molecule has 1 N–H and O–H groups in total. The first kappa shape index (κ1) is 18.2. The summed E-state index contributed by atoms with van der Waals surface area (Å²) in [5.74, 6) is -1.28. The molecule has 7 heteroatoms. The van der Waals surface area contributed by atoms with E-state index in [0.717, 1.165) is 16.8 Å². The molecule has 0 saturated carbocycles. The van der Waals surface area contributed by atoms with Crippen LogP contribution >= 0.6 is 11.6 Å². The topological polar surface area (TPSA) is 74.7 Å². The number of benzene rings is 3. The summed E-state index contributed by atoms with van der Waals surface area (Å²) < 4.78 is 27.6. The van der Waals surface area contributed by atoms with Crippen molar-refractivity contribution in [2.45, 2.75) is 11.8 Å². The van der Waals surface area contributed by atoms with Crippen molar-refractivity contribution in [1.29, 1.82) is 0 Å². The molecule has 0 aliphatic heterocycles. The van der Waals surface area contributed by atoms with E-state index in [1.54, 1.807) is 19.1 Å². The summed E-state index contributed by atoms with van der Waals surface area (Å²) in [6.45, 7) is 1.93. The van der Waals surface area contributed by atoms with Gasteiger partial charge in [0.1, 0.15) is 0 Å². The molecule has 0 aromatic heterocycles. The van der Waals surface area contributed by atoms with Crippen LogP contribution < -0.4 is 4.31 Å². The monoisotopic (exact) mass is 389 g/mol. The predicted octanol–water partition coefficient (Wildman–Crippen LogP) is 4.41. The zero-order chi connectivity index (χ0) is 18.9. The van der Waals surface area contributed by atoms with Crippen LogP contribution in [-0.4, -0.2) is 26.0 Å². The number of carbonyl (C=O) groups is 1. The highest BCUT2D eigenvalue weighted by atomic mass is 35.5. The van der Waals surface area contributed by atoms with Crippen LogP contribution in [-0.2, 0) is 10.0 Å². The van der Waals surface area contributed by atoms with Crippen LogP contribution in [0.3, 0.4) is 0 Å². The molecule has 0 aliphatic rings. The van der Waals surface area contributed by atoms with Crippen molar-refractivity contribution in [2.24, 2.45) is 0 Å². The van der Waals surface area contributed by atoms with Crippen molar-refractivity contribution in [3.8, 4) is 0 Å². The van der Waals surface area contributed by atoms with E-state index in [9.17, 15) is 18.3 Å². The van der Waals surface area contributed by atoms with Crippen molar-refractivity contribution in [3.05, 3.63) is 71.2 Å². The van der Waals surface area contributed by atoms with Crippen molar-refractivity contribution < 1.29 is 18.3 Å². The Hall–Kier alpha value is -2.57. The van der Waals surface area contributed by atoms with Crippen molar-refractivity contribution in [2.75, 3.05) is 10.8 Å². The van der Waals surface area contributed by atoms with E-state index >= 15 is 0 Å². The van der Waals surface area contributed by atoms with Crippen LogP contribution in [0.4, 0.5) is 5.69 Å². The first-order valence-electron chi connectivity index (χ1n) is 7.89. The second-order valence-corrected chi connectivity index (χ2v) is 7.88. The van der Waals surface area contributed by atoms with Gasteiger partial charge in [-0.2, -0.15) is 0 Å². The Labute approximate surface area is 156 Å². The molecule has 134 valence electrons. The van der Waals surface area contributed by atoms with Gasteiger partial charge in [-0.25, -0.2) is 13.2 Å². The molecule has 0 radical (unpaired) electrons. The fraction of sp³-hybridized carbons (Fsp3) is 0.105. The number of carboxylic acids is 1. The van der Waals surface area contributed by atoms with Crippen LogP contribution in [0.1, 0.15) is 17.3 Å². The number of hydrogen-bond donors (Lipinski definition) is 1. The van der Waals surface area contributed by atoms with Crippen molar-refractivity contribution in [3.63, 3.8) is 0 Å². The minimum Gasteiger partial charge on any atom is -0.478 e. The minimum absolute atomic E-state index is 0.00957. The van der Waals surface area contributed by atoms with Gasteiger partial charge in [0.05, 0.1) is 21.2 Å². The molecule has 0 aliphatic carbocycles. The maximum Gasteiger partial charge on any atom is 0.337 e. The highest BCUT2D eigenvalue weighted by Gasteiger charge is 2.26. The number of fused-ring (bicyclic) bond motifs is 1. The van der Waals surface area contributed by atoms with E-state index in [4.69, 9.17) is 11.6 Å². The predicted molar refractivity (Wildman–Crippen MR) is 103 cm³/mol. The Kier molecular flexibility index (Phi) is 4.89. The van der Waals surface area contributed by atoms with E-state index in [1.165, 1.54) is 16.4 Å². The number of halogens is 1. The molecule has 5 nitrogen and oxygen atoms in total. The van der Waals surface area contributed by atoms with Gasteiger partial charge in [0.15, 0.2) is 0 Å². The Balaban J connectivity index is 2.18. The largest absolute Gasteiger partial charge is 0.478 e. The number of aromatic carboxylic acids is 1. The Morgan fingerprint density at radius 3 is 2.46 bits per heavy atom. The fourth-order valence-electron chi connectivity index (χ4n) is 2.85. The molecule has 0 unspecified atom stereocenters. The Morgan fingerprint density at radius 2 is 1.77 bits per heavy atom. The lowest BCUT2D eigenvalue weighted by atomic mass is 10.1. The lowest BCUT2D eigenvalue weighted by Gasteiger charge is -2.24. The summed E-state index contributed by atoms with van der Waals surface area (Å²) >= 11 is 5.86. The summed E-state index contributed by atoms with van der Waals surface area (Å²) in [5, 5.41) is 10.9. The third-order valence-corrected chi connectivity index (χ3v) is 6.29. The van der Waals surface area contributed by atoms with E-state index in [-0.39, 0.29) is 22.0 Å². The highest BCUT2D eigenvalue weighted by Crippen LogP contribution is 2.31. The van der Waals surface area contributed by atoms with E-state index in [2.05, 4.69) is 0 Å². The molecule has 0 heterocycles. The zero-order valence-electron chi connectivity index (χ0n) is 13.9. The van der Waals surface area contributed by atoms with Gasteiger partial charge in [-0.05, 0) is 36.6 Å². The quantitative estimate of drug-likeness (QED) is 0.701. The lowest BCUT2D eigenvalue weighted by molar-refractivity contribution is 0.0697. The van der Waals surface area contributed by atoms with E-state index in [0.29, 0.717) is 5.69 Å². The molecule has 3 aromatic rings. The molecule has 0 atom stereocenters. The molecule has 3 aromatic carbocycles. The maximum atomic E-state index is 13.2. The molecule has 3 rings (SSSR count). The third-order valence-electron chi connectivity index (χ3n) is 4.08. The molecule has 0 fully saturated rings. The van der Waals surface area contributed by atoms with Gasteiger partial charge in [-0.3, -0.25) is 4.31 Å². The van der Waals surface area contributed by atoms with Gasteiger partial charge in [-0.15, -0.1) is 0 Å². The second kappa shape index (κ2) is 6.97. The SMILES string of the molecule is CCN(c1cccc2ccccc12)S(=O)(=O)c1ccc(Cl)c(C(=O)O)c1. The van der Waals surface area contributed by atoms with E-state index in [1.807, 2.05) is 30.3 Å². The van der Waals surface area contributed by atoms with Gasteiger partial charge in [-0.1, -0.05) is 48.0 Å².